The Morgan fingerprint density at radius 2 is 1.97 bits per heavy atom. The van der Waals surface area contributed by atoms with Crippen molar-refractivity contribution >= 4 is 0 Å². The Morgan fingerprint density at radius 1 is 1.17 bits per heavy atom. The molecule has 6 heteroatoms. The zero-order valence-electron chi connectivity index (χ0n) is 18.6. The van der Waals surface area contributed by atoms with E-state index in [4.69, 9.17) is 4.74 Å². The number of hydrogen-bond donors (Lipinski definition) is 4. The summed E-state index contributed by atoms with van der Waals surface area (Å²) >= 11 is 0. The number of fused-ring (bicyclic) bond motifs is 2. The summed E-state index contributed by atoms with van der Waals surface area (Å²) in [5.74, 6) is 4.37. The second-order valence-corrected chi connectivity index (χ2v) is 11.4. The molecule has 30 heavy (non-hydrogen) atoms. The molecule has 1 aliphatic heterocycles. The second-order valence-electron chi connectivity index (χ2n) is 11.4. The minimum absolute atomic E-state index is 0.119. The SMILES string of the molecule is COC1=C2C[C@]3(C)[C@@H](C(O)CN4NCCN4)CC[C@H]3[C@@H]3CC[C@H]4C[C@H](O)CC[C@@]14C23. The van der Waals surface area contributed by atoms with Crippen molar-refractivity contribution in [2.45, 2.75) is 70.5 Å². The van der Waals surface area contributed by atoms with E-state index in [0.717, 1.165) is 51.1 Å². The van der Waals surface area contributed by atoms with Crippen LogP contribution in [0.4, 0.5) is 0 Å². The molecule has 5 aliphatic carbocycles. The maximum atomic E-state index is 11.3. The molecule has 4 saturated carbocycles. The van der Waals surface area contributed by atoms with Crippen molar-refractivity contribution in [2.24, 2.45) is 40.4 Å². The van der Waals surface area contributed by atoms with Crippen LogP contribution < -0.4 is 10.9 Å². The number of aliphatic hydroxyl groups excluding tert-OH is 2. The first-order chi connectivity index (χ1) is 14.5. The van der Waals surface area contributed by atoms with Gasteiger partial charge in [-0.25, -0.2) is 10.9 Å². The summed E-state index contributed by atoms with van der Waals surface area (Å²) in [6, 6.07) is 0. The first-order valence-electron chi connectivity index (χ1n) is 12.4. The Balaban J connectivity index is 1.32. The number of methoxy groups -OCH3 is 1. The first kappa shape index (κ1) is 20.0. The molecule has 0 radical (unpaired) electrons. The third kappa shape index (κ3) is 2.49. The fraction of sp³-hybridized carbons (Fsp3) is 0.917. The van der Waals surface area contributed by atoms with Crippen LogP contribution in [0.25, 0.3) is 0 Å². The van der Waals surface area contributed by atoms with Crippen LogP contribution in [-0.4, -0.2) is 54.3 Å². The molecule has 6 rings (SSSR count). The van der Waals surface area contributed by atoms with E-state index >= 15 is 0 Å². The molecular formula is C24H39N3O3. The fourth-order valence-corrected chi connectivity index (χ4v) is 9.49. The zero-order chi connectivity index (χ0) is 20.7. The Morgan fingerprint density at radius 3 is 2.73 bits per heavy atom. The first-order valence-corrected chi connectivity index (χ1v) is 12.4. The molecule has 2 unspecified atom stereocenters. The summed E-state index contributed by atoms with van der Waals surface area (Å²) in [5, 5.41) is 23.6. The van der Waals surface area contributed by atoms with Gasteiger partial charge in [0.05, 0.1) is 25.9 Å². The lowest BCUT2D eigenvalue weighted by atomic mass is 9.36. The van der Waals surface area contributed by atoms with Gasteiger partial charge in [0.2, 0.25) is 0 Å². The molecule has 168 valence electrons. The van der Waals surface area contributed by atoms with Crippen molar-refractivity contribution in [1.82, 2.24) is 16.0 Å². The summed E-state index contributed by atoms with van der Waals surface area (Å²) in [5.41, 5.74) is 8.61. The number of hydrazine groups is 2. The lowest BCUT2D eigenvalue weighted by Crippen LogP contribution is -2.63. The van der Waals surface area contributed by atoms with Gasteiger partial charge in [-0.05, 0) is 91.9 Å². The molecule has 1 spiro atoms. The zero-order valence-corrected chi connectivity index (χ0v) is 18.6. The number of β-amino-alcohol motifs (C(OH)–C–C–N with tert-alkyl or cyclic N) is 1. The molecule has 6 aliphatic rings. The van der Waals surface area contributed by atoms with Gasteiger partial charge in [0, 0.05) is 18.5 Å². The minimum Gasteiger partial charge on any atom is -0.501 e. The van der Waals surface area contributed by atoms with Gasteiger partial charge in [-0.2, -0.15) is 5.12 Å². The standard InChI is InChI=1S/C24H39N3O3/c1-23-12-17-21-16(4-3-14-11-15(28)7-8-24(14,21)22(17)30-2)18(23)5-6-19(23)20(29)13-27-25-9-10-26-27/h14-16,18-21,25-26,28-29H,3-13H2,1-2H3/t14-,15+,16-,18-,19+,20?,21?,23-,24+/m0/s1. The van der Waals surface area contributed by atoms with Crippen molar-refractivity contribution in [2.75, 3.05) is 26.7 Å². The molecule has 6 nitrogen and oxygen atoms in total. The third-order valence-electron chi connectivity index (χ3n) is 10.4. The van der Waals surface area contributed by atoms with Crippen molar-refractivity contribution in [3.05, 3.63) is 11.3 Å². The van der Waals surface area contributed by atoms with Gasteiger partial charge in [-0.3, -0.25) is 0 Å². The summed E-state index contributed by atoms with van der Waals surface area (Å²) in [7, 11) is 1.87. The van der Waals surface area contributed by atoms with Gasteiger partial charge in [0.25, 0.3) is 0 Å². The van der Waals surface area contributed by atoms with E-state index in [9.17, 15) is 10.2 Å². The molecule has 5 fully saturated rings. The van der Waals surface area contributed by atoms with Crippen LogP contribution in [0.3, 0.4) is 0 Å². The molecule has 1 saturated heterocycles. The number of hydrogen-bond acceptors (Lipinski definition) is 6. The van der Waals surface area contributed by atoms with Crippen LogP contribution in [0.15, 0.2) is 11.3 Å². The van der Waals surface area contributed by atoms with E-state index in [1.54, 1.807) is 5.57 Å². The molecule has 0 bridgehead atoms. The normalized spacial score (nSPS) is 51.1. The van der Waals surface area contributed by atoms with Crippen LogP contribution in [0.1, 0.15) is 58.3 Å². The Hall–Kier alpha value is -0.660. The van der Waals surface area contributed by atoms with Gasteiger partial charge in [-0.15, -0.1) is 0 Å². The highest BCUT2D eigenvalue weighted by Gasteiger charge is 2.70. The van der Waals surface area contributed by atoms with Crippen LogP contribution in [-0.2, 0) is 4.74 Å². The van der Waals surface area contributed by atoms with Crippen molar-refractivity contribution < 1.29 is 14.9 Å². The number of ether oxygens (including phenoxy) is 1. The molecule has 0 aromatic carbocycles. The fourth-order valence-electron chi connectivity index (χ4n) is 9.49. The van der Waals surface area contributed by atoms with E-state index < -0.39 is 0 Å². The van der Waals surface area contributed by atoms with E-state index in [1.165, 1.54) is 25.0 Å². The highest BCUT2D eigenvalue weighted by Crippen LogP contribution is 2.76. The lowest BCUT2D eigenvalue weighted by Gasteiger charge is -2.68. The predicted molar refractivity (Wildman–Crippen MR) is 114 cm³/mol. The minimum atomic E-state index is -0.309. The van der Waals surface area contributed by atoms with Gasteiger partial charge in [0.15, 0.2) is 0 Å². The number of nitrogens with zero attached hydrogens (tertiary/aromatic N) is 1. The molecule has 1 heterocycles. The van der Waals surface area contributed by atoms with E-state index in [1.807, 2.05) is 12.2 Å². The quantitative estimate of drug-likeness (QED) is 0.562. The summed E-state index contributed by atoms with van der Waals surface area (Å²) in [6.07, 6.45) is 8.60. The lowest BCUT2D eigenvalue weighted by molar-refractivity contribution is -0.149. The predicted octanol–water partition coefficient (Wildman–Crippen LogP) is 2.20. The summed E-state index contributed by atoms with van der Waals surface area (Å²) < 4.78 is 6.14. The largest absolute Gasteiger partial charge is 0.501 e. The molecule has 0 amide bonds. The Bertz CT molecular complexity index is 737. The number of nitrogens with one attached hydrogen (secondary N) is 2. The number of allylic oxidation sites excluding steroid dienone is 2. The second kappa shape index (κ2) is 6.92. The Kier molecular flexibility index (Phi) is 4.61. The third-order valence-corrected chi connectivity index (χ3v) is 10.4. The maximum absolute atomic E-state index is 11.3. The van der Waals surface area contributed by atoms with Crippen molar-refractivity contribution in [3.63, 3.8) is 0 Å². The van der Waals surface area contributed by atoms with Crippen LogP contribution in [0.2, 0.25) is 0 Å². The van der Waals surface area contributed by atoms with E-state index in [2.05, 4.69) is 17.8 Å². The van der Waals surface area contributed by atoms with E-state index in [0.29, 0.717) is 30.2 Å². The monoisotopic (exact) mass is 417 g/mol. The maximum Gasteiger partial charge on any atom is 0.102 e. The molecule has 0 aromatic heterocycles. The average molecular weight is 418 g/mol. The van der Waals surface area contributed by atoms with Crippen molar-refractivity contribution in [1.29, 1.82) is 0 Å². The van der Waals surface area contributed by atoms with Gasteiger partial charge >= 0.3 is 0 Å². The highest BCUT2D eigenvalue weighted by molar-refractivity contribution is 5.42. The summed E-state index contributed by atoms with van der Waals surface area (Å²) in [6.45, 7) is 4.99. The molecule has 0 aromatic rings. The molecular weight excluding hydrogens is 378 g/mol. The average Bonchev–Trinajstić information content (AvgIpc) is 3.34. The Labute approximate surface area is 180 Å². The van der Waals surface area contributed by atoms with Crippen molar-refractivity contribution in [3.8, 4) is 0 Å². The highest BCUT2D eigenvalue weighted by atomic mass is 16.5. The van der Waals surface area contributed by atoms with E-state index in [-0.39, 0.29) is 23.0 Å². The molecule has 9 atom stereocenters. The van der Waals surface area contributed by atoms with Crippen LogP contribution >= 0.6 is 0 Å². The summed E-state index contributed by atoms with van der Waals surface area (Å²) in [4.78, 5) is 0. The smallest absolute Gasteiger partial charge is 0.102 e. The van der Waals surface area contributed by atoms with Gasteiger partial charge in [-0.1, -0.05) is 6.92 Å². The number of rotatable bonds is 4. The van der Waals surface area contributed by atoms with Crippen LogP contribution in [0, 0.1) is 40.4 Å². The number of aliphatic hydroxyl groups is 2. The van der Waals surface area contributed by atoms with Gasteiger partial charge < -0.3 is 14.9 Å². The topological polar surface area (TPSA) is 77.0 Å². The molecule has 4 N–H and O–H groups in total. The van der Waals surface area contributed by atoms with Crippen LogP contribution in [0.5, 0.6) is 0 Å². The van der Waals surface area contributed by atoms with Gasteiger partial charge in [0.1, 0.15) is 5.76 Å².